The molecule has 7 nitrogen and oxygen atoms in total. The van der Waals surface area contributed by atoms with E-state index in [1.807, 2.05) is 62.4 Å². The first-order chi connectivity index (χ1) is 18.3. The Balaban J connectivity index is 1.41. The highest BCUT2D eigenvalue weighted by atomic mass is 32.2. The summed E-state index contributed by atoms with van der Waals surface area (Å²) in [5.41, 5.74) is 5.09. The van der Waals surface area contributed by atoms with Gasteiger partial charge in [0.2, 0.25) is 5.91 Å². The number of amides is 3. The number of carbonyl (C=O) groups excluding carboxylic acids is 3. The maximum atomic E-state index is 13.7. The first-order valence-corrected chi connectivity index (χ1v) is 13.2. The van der Waals surface area contributed by atoms with Gasteiger partial charge < -0.3 is 10.1 Å². The van der Waals surface area contributed by atoms with Gasteiger partial charge in [-0.1, -0.05) is 72.0 Å². The number of hydrogen-bond donors (Lipinski definition) is 1. The van der Waals surface area contributed by atoms with Crippen molar-refractivity contribution in [3.63, 3.8) is 0 Å². The molecule has 0 bridgehead atoms. The zero-order chi connectivity index (χ0) is 27.0. The standard InChI is InChI=1S/C29H25N3O4S2/c1-17-8-13-22(18(2)14-17)30-24(33)16-31-23-7-5-4-6-21(23)25(27(31)34)26-28(35)32(29(37)38-26)15-19-9-11-20(36-3)12-10-19/h4-14H,15-16H2,1-3H3,(H,30,33)/b26-25-. The van der Waals surface area contributed by atoms with Crippen molar-refractivity contribution in [3.8, 4) is 5.75 Å². The quantitative estimate of drug-likeness (QED) is 0.346. The molecule has 0 radical (unpaired) electrons. The summed E-state index contributed by atoms with van der Waals surface area (Å²) in [5.74, 6) is -0.327. The van der Waals surface area contributed by atoms with Gasteiger partial charge in [-0.05, 0) is 49.2 Å². The van der Waals surface area contributed by atoms with Crippen LogP contribution in [0.5, 0.6) is 5.75 Å². The second-order valence-corrected chi connectivity index (χ2v) is 10.7. The van der Waals surface area contributed by atoms with Gasteiger partial charge in [0, 0.05) is 11.3 Å². The summed E-state index contributed by atoms with van der Waals surface area (Å²) >= 11 is 6.64. The van der Waals surface area contributed by atoms with Crippen LogP contribution >= 0.6 is 24.0 Å². The molecule has 0 atom stereocenters. The summed E-state index contributed by atoms with van der Waals surface area (Å²) in [6.07, 6.45) is 0. The van der Waals surface area contributed by atoms with Crippen molar-refractivity contribution in [3.05, 3.63) is 93.9 Å². The molecule has 2 aliphatic rings. The molecule has 38 heavy (non-hydrogen) atoms. The highest BCUT2D eigenvalue weighted by Crippen LogP contribution is 2.44. The predicted molar refractivity (Wildman–Crippen MR) is 154 cm³/mol. The van der Waals surface area contributed by atoms with Crippen LogP contribution in [0.25, 0.3) is 5.57 Å². The lowest BCUT2D eigenvalue weighted by atomic mass is 10.1. The fourth-order valence-corrected chi connectivity index (χ4v) is 5.87. The van der Waals surface area contributed by atoms with E-state index in [2.05, 4.69) is 5.32 Å². The summed E-state index contributed by atoms with van der Waals surface area (Å²) in [5, 5.41) is 2.90. The van der Waals surface area contributed by atoms with Crippen molar-refractivity contribution in [2.45, 2.75) is 20.4 Å². The van der Waals surface area contributed by atoms with E-state index in [9.17, 15) is 14.4 Å². The largest absolute Gasteiger partial charge is 0.497 e. The zero-order valence-electron chi connectivity index (χ0n) is 21.1. The van der Waals surface area contributed by atoms with Crippen LogP contribution in [0.1, 0.15) is 22.3 Å². The van der Waals surface area contributed by atoms with Crippen molar-refractivity contribution in [2.75, 3.05) is 23.9 Å². The maximum Gasteiger partial charge on any atom is 0.267 e. The smallest absolute Gasteiger partial charge is 0.267 e. The molecule has 2 aliphatic heterocycles. The van der Waals surface area contributed by atoms with E-state index in [1.54, 1.807) is 25.3 Å². The summed E-state index contributed by atoms with van der Waals surface area (Å²) < 4.78 is 5.58. The minimum Gasteiger partial charge on any atom is -0.497 e. The second kappa shape index (κ2) is 10.4. The van der Waals surface area contributed by atoms with Crippen molar-refractivity contribution < 1.29 is 19.1 Å². The number of benzene rings is 3. The van der Waals surface area contributed by atoms with E-state index in [1.165, 1.54) is 9.80 Å². The van der Waals surface area contributed by atoms with Crippen LogP contribution in [0.2, 0.25) is 0 Å². The Morgan fingerprint density at radius 3 is 2.42 bits per heavy atom. The monoisotopic (exact) mass is 543 g/mol. The van der Waals surface area contributed by atoms with Crippen LogP contribution in [0, 0.1) is 13.8 Å². The first-order valence-electron chi connectivity index (χ1n) is 12.0. The van der Waals surface area contributed by atoms with Crippen molar-refractivity contribution >= 4 is 63.0 Å². The summed E-state index contributed by atoms with van der Waals surface area (Å²) in [4.78, 5) is 43.4. The SMILES string of the molecule is COc1ccc(CN2C(=O)/C(=C3/C(=O)N(CC(=O)Nc4ccc(C)cc4C)c4ccccc43)SC2=S)cc1. The van der Waals surface area contributed by atoms with Crippen molar-refractivity contribution in [1.29, 1.82) is 0 Å². The normalized spacial score (nSPS) is 16.8. The summed E-state index contributed by atoms with van der Waals surface area (Å²) in [6.45, 7) is 4.01. The fraction of sp³-hybridized carbons (Fsp3) is 0.172. The number of fused-ring (bicyclic) bond motifs is 1. The lowest BCUT2D eigenvalue weighted by Gasteiger charge is -2.17. The van der Waals surface area contributed by atoms with Crippen molar-refractivity contribution in [1.82, 2.24) is 4.90 Å². The summed E-state index contributed by atoms with van der Waals surface area (Å²) in [6, 6.07) is 20.3. The van der Waals surface area contributed by atoms with Gasteiger partial charge in [-0.15, -0.1) is 0 Å². The van der Waals surface area contributed by atoms with Crippen molar-refractivity contribution in [2.24, 2.45) is 0 Å². The number of para-hydroxylation sites is 1. The minimum absolute atomic E-state index is 0.182. The van der Waals surface area contributed by atoms with E-state index in [4.69, 9.17) is 17.0 Å². The van der Waals surface area contributed by atoms with Crippen LogP contribution in [-0.4, -0.2) is 40.6 Å². The van der Waals surface area contributed by atoms with Crippen LogP contribution < -0.4 is 15.0 Å². The number of methoxy groups -OCH3 is 1. The number of ether oxygens (including phenoxy) is 1. The second-order valence-electron chi connectivity index (χ2n) is 9.09. The highest BCUT2D eigenvalue weighted by Gasteiger charge is 2.42. The molecule has 1 fully saturated rings. The Kier molecular flexibility index (Phi) is 7.05. The number of thiocarbonyl (C=S) groups is 1. The molecule has 0 unspecified atom stereocenters. The Morgan fingerprint density at radius 1 is 0.974 bits per heavy atom. The molecule has 3 aromatic rings. The lowest BCUT2D eigenvalue weighted by molar-refractivity contribution is -0.122. The van der Waals surface area contributed by atoms with Crippen LogP contribution in [0.15, 0.2) is 71.6 Å². The average Bonchev–Trinajstić information content (AvgIpc) is 3.33. The number of rotatable bonds is 6. The first kappa shape index (κ1) is 25.7. The molecule has 0 saturated carbocycles. The Hall–Kier alpha value is -3.95. The molecule has 0 aromatic heterocycles. The van der Waals surface area contributed by atoms with Gasteiger partial charge in [-0.2, -0.15) is 0 Å². The molecule has 1 N–H and O–H groups in total. The average molecular weight is 544 g/mol. The van der Waals surface area contributed by atoms with Gasteiger partial charge >= 0.3 is 0 Å². The summed E-state index contributed by atoms with van der Waals surface area (Å²) in [7, 11) is 1.59. The lowest BCUT2D eigenvalue weighted by Crippen LogP contribution is -2.35. The molecule has 9 heteroatoms. The minimum atomic E-state index is -0.396. The number of thioether (sulfide) groups is 1. The third-order valence-electron chi connectivity index (χ3n) is 6.46. The topological polar surface area (TPSA) is 79.0 Å². The Morgan fingerprint density at radius 2 is 1.71 bits per heavy atom. The molecule has 2 heterocycles. The number of nitrogens with one attached hydrogen (secondary N) is 1. The third kappa shape index (κ3) is 4.82. The van der Waals surface area contributed by atoms with Gasteiger partial charge in [-0.3, -0.25) is 24.2 Å². The maximum absolute atomic E-state index is 13.7. The van der Waals surface area contributed by atoms with Gasteiger partial charge in [0.1, 0.15) is 16.6 Å². The Labute approximate surface area is 230 Å². The van der Waals surface area contributed by atoms with Crippen LogP contribution in [0.3, 0.4) is 0 Å². The number of aryl methyl sites for hydroxylation is 2. The van der Waals surface area contributed by atoms with E-state index in [0.717, 1.165) is 34.2 Å². The Bertz CT molecular complexity index is 1510. The van der Waals surface area contributed by atoms with Gasteiger partial charge in [0.05, 0.1) is 29.8 Å². The molecular weight excluding hydrogens is 518 g/mol. The molecule has 192 valence electrons. The molecule has 0 aliphatic carbocycles. The molecule has 0 spiro atoms. The van der Waals surface area contributed by atoms with Gasteiger partial charge in [0.25, 0.3) is 11.8 Å². The van der Waals surface area contributed by atoms with E-state index in [-0.39, 0.29) is 35.4 Å². The number of carbonyl (C=O) groups is 3. The highest BCUT2D eigenvalue weighted by molar-refractivity contribution is 8.26. The number of nitrogens with zero attached hydrogens (tertiary/aromatic N) is 2. The van der Waals surface area contributed by atoms with Crippen LogP contribution in [-0.2, 0) is 20.9 Å². The fourth-order valence-electron chi connectivity index (χ4n) is 4.54. The molecular formula is C29H25N3O4S2. The molecule has 5 rings (SSSR count). The van der Waals surface area contributed by atoms with E-state index in [0.29, 0.717) is 21.3 Å². The number of anilines is 2. The van der Waals surface area contributed by atoms with Gasteiger partial charge in [0.15, 0.2) is 0 Å². The molecule has 1 saturated heterocycles. The number of hydrogen-bond acceptors (Lipinski definition) is 6. The predicted octanol–water partition coefficient (Wildman–Crippen LogP) is 5.07. The molecule has 3 amide bonds. The third-order valence-corrected chi connectivity index (χ3v) is 7.91. The zero-order valence-corrected chi connectivity index (χ0v) is 22.7. The van der Waals surface area contributed by atoms with E-state index >= 15 is 0 Å². The van der Waals surface area contributed by atoms with E-state index < -0.39 is 5.91 Å². The molecule has 3 aromatic carbocycles. The van der Waals surface area contributed by atoms with Gasteiger partial charge in [-0.25, -0.2) is 0 Å². The van der Waals surface area contributed by atoms with Crippen LogP contribution in [0.4, 0.5) is 11.4 Å².